The van der Waals surface area contributed by atoms with Crippen LogP contribution in [0, 0.1) is 0 Å². The fraction of sp³-hybridized carbons (Fsp3) is 0.0625. The molecule has 3 aromatic rings. The Morgan fingerprint density at radius 3 is 2.07 bits per heavy atom. The highest BCUT2D eigenvalue weighted by Crippen LogP contribution is 2.28. The molecule has 0 saturated heterocycles. The van der Waals surface area contributed by atoms with E-state index in [1.807, 2.05) is 0 Å². The van der Waals surface area contributed by atoms with Crippen molar-refractivity contribution in [3.8, 4) is 10.6 Å². The molecule has 0 fully saturated rings. The molecule has 7 nitrogen and oxygen atoms in total. The Labute approximate surface area is 165 Å². The van der Waals surface area contributed by atoms with Crippen LogP contribution < -0.4 is 5.14 Å². The summed E-state index contributed by atoms with van der Waals surface area (Å²) in [4.78, 5) is 4.54. The van der Waals surface area contributed by atoms with Gasteiger partial charge in [0.15, 0.2) is 0 Å². The van der Waals surface area contributed by atoms with Crippen molar-refractivity contribution in [2.45, 2.75) is 16.4 Å². The molecule has 0 bridgehead atoms. The lowest BCUT2D eigenvalue weighted by Crippen LogP contribution is -2.15. The predicted molar refractivity (Wildman–Crippen MR) is 102 cm³/mol. The normalized spacial score (nSPS) is 12.2. The lowest BCUT2D eigenvalue weighted by molar-refractivity contribution is 0.305. The Morgan fingerprint density at radius 1 is 0.963 bits per heavy atom. The molecule has 0 amide bonds. The van der Waals surface area contributed by atoms with Gasteiger partial charge in [-0.25, -0.2) is 18.5 Å². The second kappa shape index (κ2) is 7.66. The first-order chi connectivity index (χ1) is 12.6. The molecule has 142 valence electrons. The third-order valence-electron chi connectivity index (χ3n) is 3.46. The maximum atomic E-state index is 12.6. The van der Waals surface area contributed by atoms with Crippen molar-refractivity contribution >= 4 is 43.1 Å². The van der Waals surface area contributed by atoms with Gasteiger partial charge in [0.2, 0.25) is 9.84 Å². The summed E-state index contributed by atoms with van der Waals surface area (Å²) < 4.78 is 51.4. The van der Waals surface area contributed by atoms with E-state index >= 15 is 0 Å². The van der Waals surface area contributed by atoms with Crippen LogP contribution in [-0.4, -0.2) is 21.8 Å². The lowest BCUT2D eigenvalue weighted by Gasteiger charge is -2.05. The second-order valence-electron chi connectivity index (χ2n) is 5.38. The van der Waals surface area contributed by atoms with Gasteiger partial charge in [0, 0.05) is 16.0 Å². The minimum Gasteiger partial charge on any atom is -0.252 e. The third-order valence-corrected chi connectivity index (χ3v) is 6.88. The van der Waals surface area contributed by atoms with Crippen LogP contribution in [0.1, 0.15) is 5.69 Å². The van der Waals surface area contributed by atoms with Crippen LogP contribution in [0.5, 0.6) is 0 Å². The van der Waals surface area contributed by atoms with Crippen molar-refractivity contribution in [1.82, 2.24) is 4.98 Å². The molecule has 0 aliphatic heterocycles. The summed E-state index contributed by atoms with van der Waals surface area (Å²) in [6.07, 6.45) is 0. The Morgan fingerprint density at radius 2 is 1.52 bits per heavy atom. The molecule has 3 rings (SSSR count). The third kappa shape index (κ3) is 4.92. The molecule has 0 radical (unpaired) electrons. The molecule has 0 aliphatic carbocycles. The smallest absolute Gasteiger partial charge is 0.252 e. The highest BCUT2D eigenvalue weighted by Gasteiger charge is 2.18. The zero-order valence-corrected chi connectivity index (χ0v) is 16.8. The van der Waals surface area contributed by atoms with Gasteiger partial charge in [0.25, 0.3) is 0 Å². The zero-order chi connectivity index (χ0) is 19.7. The number of thiazole rings is 1. The van der Waals surface area contributed by atoms with E-state index in [0.717, 1.165) is 0 Å². The number of sulfone groups is 1. The molecular formula is C16H13ClN2O5S3. The van der Waals surface area contributed by atoms with Crippen molar-refractivity contribution in [2.24, 2.45) is 5.14 Å². The first-order valence-electron chi connectivity index (χ1n) is 7.38. The fourth-order valence-electron chi connectivity index (χ4n) is 2.17. The maximum absolute atomic E-state index is 12.6. The number of rotatable bonds is 6. The van der Waals surface area contributed by atoms with Gasteiger partial charge in [-0.3, -0.25) is 4.18 Å². The molecule has 0 spiro atoms. The minimum atomic E-state index is -4.04. The second-order valence-corrected chi connectivity index (χ2v) is 9.85. The highest BCUT2D eigenvalue weighted by atomic mass is 35.5. The number of aromatic nitrogens is 1. The average molecular weight is 445 g/mol. The molecule has 0 unspecified atom stereocenters. The quantitative estimate of drug-likeness (QED) is 0.624. The van der Waals surface area contributed by atoms with E-state index in [0.29, 0.717) is 21.3 Å². The minimum absolute atomic E-state index is 0.142. The van der Waals surface area contributed by atoms with Crippen LogP contribution in [0.15, 0.2) is 63.7 Å². The Hall–Kier alpha value is -1.82. The SMILES string of the molecule is NS(=O)(=O)OCc1csc(-c2ccc(S(=O)(=O)c3ccc(Cl)cc3)cc2)n1. The van der Waals surface area contributed by atoms with E-state index in [1.165, 1.54) is 47.7 Å². The molecule has 1 heterocycles. The molecule has 0 atom stereocenters. The van der Waals surface area contributed by atoms with Crippen molar-refractivity contribution in [1.29, 1.82) is 0 Å². The number of halogens is 1. The van der Waals surface area contributed by atoms with Crippen LogP contribution in [0.2, 0.25) is 5.02 Å². The fourth-order valence-corrected chi connectivity index (χ4v) is 4.66. The number of nitrogens with two attached hydrogens (primary N) is 1. The highest BCUT2D eigenvalue weighted by molar-refractivity contribution is 7.91. The number of hydrogen-bond donors (Lipinski definition) is 1. The first kappa shape index (κ1) is 19.9. The van der Waals surface area contributed by atoms with Gasteiger partial charge >= 0.3 is 10.3 Å². The number of hydrogen-bond acceptors (Lipinski definition) is 7. The van der Waals surface area contributed by atoms with Gasteiger partial charge in [-0.15, -0.1) is 11.3 Å². The summed E-state index contributed by atoms with van der Waals surface area (Å²) in [7, 11) is -7.69. The Kier molecular flexibility index (Phi) is 5.65. The van der Waals surface area contributed by atoms with Crippen molar-refractivity contribution < 1.29 is 21.0 Å². The van der Waals surface area contributed by atoms with Crippen LogP contribution >= 0.6 is 22.9 Å². The molecule has 27 heavy (non-hydrogen) atoms. The van der Waals surface area contributed by atoms with E-state index in [4.69, 9.17) is 16.7 Å². The predicted octanol–water partition coefficient (Wildman–Crippen LogP) is 3.02. The monoisotopic (exact) mass is 444 g/mol. The summed E-state index contributed by atoms with van der Waals surface area (Å²) in [5.41, 5.74) is 1.10. The van der Waals surface area contributed by atoms with E-state index in [9.17, 15) is 16.8 Å². The van der Waals surface area contributed by atoms with Gasteiger partial charge in [-0.2, -0.15) is 8.42 Å². The van der Waals surface area contributed by atoms with Gasteiger partial charge in [-0.1, -0.05) is 23.7 Å². The summed E-state index contributed by atoms with van der Waals surface area (Å²) in [6, 6.07) is 12.2. The van der Waals surface area contributed by atoms with Crippen molar-refractivity contribution in [2.75, 3.05) is 0 Å². The van der Waals surface area contributed by atoms with Crippen LogP contribution in [-0.2, 0) is 30.9 Å². The molecule has 0 aliphatic rings. The molecule has 2 aromatic carbocycles. The summed E-state index contributed by atoms with van der Waals surface area (Å²) in [5.74, 6) is 0. The maximum Gasteiger partial charge on any atom is 0.333 e. The van der Waals surface area contributed by atoms with E-state index in [2.05, 4.69) is 9.17 Å². The Bertz CT molecular complexity index is 1160. The lowest BCUT2D eigenvalue weighted by atomic mass is 10.2. The topological polar surface area (TPSA) is 116 Å². The first-order valence-corrected chi connectivity index (χ1v) is 11.6. The van der Waals surface area contributed by atoms with Crippen LogP contribution in [0.3, 0.4) is 0 Å². The van der Waals surface area contributed by atoms with Crippen molar-refractivity contribution in [3.05, 3.63) is 64.6 Å². The Balaban J connectivity index is 1.81. The van der Waals surface area contributed by atoms with Gasteiger partial charge in [-0.05, 0) is 36.4 Å². The summed E-state index contributed by atoms with van der Waals surface area (Å²) in [5, 5.41) is 7.46. The summed E-state index contributed by atoms with van der Waals surface area (Å²) >= 11 is 7.07. The molecule has 11 heteroatoms. The zero-order valence-electron chi connectivity index (χ0n) is 13.6. The molecular weight excluding hydrogens is 432 g/mol. The van der Waals surface area contributed by atoms with Crippen molar-refractivity contribution in [3.63, 3.8) is 0 Å². The molecule has 0 saturated carbocycles. The standard InChI is InChI=1S/C16H13ClN2O5S3/c17-12-3-7-15(8-4-12)26(20,21)14-5-1-11(2-6-14)16-19-13(10-25-16)9-24-27(18,22)23/h1-8,10H,9H2,(H2,18,22,23). The van der Waals surface area contributed by atoms with E-state index in [1.54, 1.807) is 17.5 Å². The average Bonchev–Trinajstić information content (AvgIpc) is 3.09. The van der Waals surface area contributed by atoms with E-state index in [-0.39, 0.29) is 16.4 Å². The van der Waals surface area contributed by atoms with Crippen LogP contribution in [0.4, 0.5) is 0 Å². The largest absolute Gasteiger partial charge is 0.333 e. The van der Waals surface area contributed by atoms with Gasteiger partial charge in [0.1, 0.15) is 11.6 Å². The summed E-state index contributed by atoms with van der Waals surface area (Å²) in [6.45, 7) is -0.266. The van der Waals surface area contributed by atoms with Gasteiger partial charge < -0.3 is 0 Å². The molecule has 1 aromatic heterocycles. The number of nitrogens with zero attached hydrogens (tertiary/aromatic N) is 1. The number of benzene rings is 2. The van der Waals surface area contributed by atoms with Gasteiger partial charge in [0.05, 0.1) is 15.5 Å². The van der Waals surface area contributed by atoms with E-state index < -0.39 is 20.1 Å². The van der Waals surface area contributed by atoms with Crippen LogP contribution in [0.25, 0.3) is 10.6 Å². The molecule has 2 N–H and O–H groups in total.